The molecule has 3 nitrogen and oxygen atoms in total. The molecule has 2 aliphatic rings. The Balaban J connectivity index is 2.02. The molecule has 3 heteroatoms. The first-order chi connectivity index (χ1) is 7.90. The zero-order valence-corrected chi connectivity index (χ0v) is 11.3. The maximum Gasteiger partial charge on any atom is 0.220 e. The first-order valence-corrected chi connectivity index (χ1v) is 6.80. The summed E-state index contributed by atoms with van der Waals surface area (Å²) in [6.07, 6.45) is 4.83. The molecule has 3 unspecified atom stereocenters. The highest BCUT2D eigenvalue weighted by molar-refractivity contribution is 5.76. The van der Waals surface area contributed by atoms with Crippen molar-refractivity contribution in [3.05, 3.63) is 0 Å². The number of aliphatic hydroxyl groups is 1. The topological polar surface area (TPSA) is 49.3 Å². The lowest BCUT2D eigenvalue weighted by Crippen LogP contribution is -2.52. The summed E-state index contributed by atoms with van der Waals surface area (Å²) in [5.41, 5.74) is 0.519. The molecule has 0 heterocycles. The molecule has 2 fully saturated rings. The number of hydrogen-bond donors (Lipinski definition) is 2. The molecule has 2 aliphatic carbocycles. The molecule has 17 heavy (non-hydrogen) atoms. The van der Waals surface area contributed by atoms with E-state index in [1.165, 1.54) is 19.3 Å². The number of aliphatic hydroxyl groups excluding tert-OH is 1. The molecule has 2 bridgehead atoms. The third kappa shape index (κ3) is 2.10. The molecule has 0 aromatic heterocycles. The van der Waals surface area contributed by atoms with E-state index in [2.05, 4.69) is 26.1 Å². The molecule has 2 N–H and O–H groups in total. The highest BCUT2D eigenvalue weighted by atomic mass is 16.3. The van der Waals surface area contributed by atoms with Gasteiger partial charge in [-0.25, -0.2) is 0 Å². The van der Waals surface area contributed by atoms with E-state index in [1.807, 2.05) is 0 Å². The van der Waals surface area contributed by atoms with Gasteiger partial charge in [0.25, 0.3) is 0 Å². The van der Waals surface area contributed by atoms with Gasteiger partial charge >= 0.3 is 0 Å². The second-order valence-electron chi connectivity index (χ2n) is 6.74. The van der Waals surface area contributed by atoms with Crippen molar-refractivity contribution in [2.75, 3.05) is 6.61 Å². The fraction of sp³-hybridized carbons (Fsp3) is 0.929. The van der Waals surface area contributed by atoms with Crippen LogP contribution in [0.5, 0.6) is 0 Å². The van der Waals surface area contributed by atoms with Gasteiger partial charge in [0.2, 0.25) is 5.91 Å². The summed E-state index contributed by atoms with van der Waals surface area (Å²) in [5.74, 6) is 0.863. The van der Waals surface area contributed by atoms with E-state index in [-0.39, 0.29) is 17.9 Å². The summed E-state index contributed by atoms with van der Waals surface area (Å²) in [6.45, 7) is 7.00. The van der Waals surface area contributed by atoms with Crippen molar-refractivity contribution >= 4 is 5.91 Å². The Morgan fingerprint density at radius 3 is 2.65 bits per heavy atom. The van der Waals surface area contributed by atoms with Gasteiger partial charge < -0.3 is 10.4 Å². The van der Waals surface area contributed by atoms with Crippen LogP contribution in [0.4, 0.5) is 0 Å². The number of fused-ring (bicyclic) bond motifs is 2. The van der Waals surface area contributed by atoms with Crippen LogP contribution in [0.2, 0.25) is 0 Å². The van der Waals surface area contributed by atoms with E-state index in [4.69, 9.17) is 5.11 Å². The molecule has 0 aromatic rings. The number of nitrogens with one attached hydrogen (secondary N) is 1. The Bertz CT molecular complexity index is 309. The van der Waals surface area contributed by atoms with Gasteiger partial charge in [0.05, 0.1) is 0 Å². The van der Waals surface area contributed by atoms with Crippen LogP contribution in [0, 0.1) is 16.7 Å². The predicted octanol–water partition coefficient (Wildman–Crippen LogP) is 2.09. The highest BCUT2D eigenvalue weighted by Crippen LogP contribution is 2.62. The Labute approximate surface area is 104 Å². The number of carbonyl (C=O) groups is 1. The Kier molecular flexibility index (Phi) is 3.23. The van der Waals surface area contributed by atoms with Gasteiger partial charge in [0, 0.05) is 19.1 Å². The number of hydrogen-bond acceptors (Lipinski definition) is 2. The molecule has 98 valence electrons. The van der Waals surface area contributed by atoms with E-state index in [0.29, 0.717) is 24.3 Å². The minimum atomic E-state index is 0.0986. The van der Waals surface area contributed by atoms with Crippen molar-refractivity contribution in [3.8, 4) is 0 Å². The summed E-state index contributed by atoms with van der Waals surface area (Å²) >= 11 is 0. The van der Waals surface area contributed by atoms with Crippen LogP contribution in [0.1, 0.15) is 52.9 Å². The molecular formula is C14H25NO2. The second-order valence-corrected chi connectivity index (χ2v) is 6.74. The van der Waals surface area contributed by atoms with E-state index in [1.54, 1.807) is 0 Å². The zero-order valence-electron chi connectivity index (χ0n) is 11.3. The van der Waals surface area contributed by atoms with Gasteiger partial charge in [0.15, 0.2) is 0 Å². The second kappa shape index (κ2) is 4.27. The summed E-state index contributed by atoms with van der Waals surface area (Å²) in [7, 11) is 0. The first kappa shape index (κ1) is 12.9. The summed E-state index contributed by atoms with van der Waals surface area (Å²) in [5, 5.41) is 12.0. The zero-order chi connectivity index (χ0) is 12.7. The molecule has 1 amide bonds. The van der Waals surface area contributed by atoms with Crippen LogP contribution < -0.4 is 5.32 Å². The van der Waals surface area contributed by atoms with E-state index >= 15 is 0 Å². The molecule has 0 aromatic carbocycles. The first-order valence-electron chi connectivity index (χ1n) is 6.80. The molecule has 0 aliphatic heterocycles. The van der Waals surface area contributed by atoms with Gasteiger partial charge in [-0.05, 0) is 42.4 Å². The van der Waals surface area contributed by atoms with Crippen LogP contribution in [0.25, 0.3) is 0 Å². The summed E-state index contributed by atoms with van der Waals surface area (Å²) < 4.78 is 0. The largest absolute Gasteiger partial charge is 0.396 e. The molecule has 3 atom stereocenters. The van der Waals surface area contributed by atoms with Gasteiger partial charge in [-0.3, -0.25) is 4.79 Å². The van der Waals surface area contributed by atoms with Crippen LogP contribution in [0.3, 0.4) is 0 Å². The lowest BCUT2D eigenvalue weighted by molar-refractivity contribution is -0.124. The molecule has 0 saturated heterocycles. The van der Waals surface area contributed by atoms with Crippen molar-refractivity contribution in [2.24, 2.45) is 16.7 Å². The monoisotopic (exact) mass is 239 g/mol. The maximum atomic E-state index is 11.8. The van der Waals surface area contributed by atoms with Crippen LogP contribution in [-0.4, -0.2) is 23.7 Å². The number of carbonyl (C=O) groups excluding carboxylic acids is 1. The lowest BCUT2D eigenvalue weighted by atomic mass is 9.68. The fourth-order valence-electron chi connectivity index (χ4n) is 4.14. The van der Waals surface area contributed by atoms with E-state index in [9.17, 15) is 4.79 Å². The van der Waals surface area contributed by atoms with Crippen LogP contribution >= 0.6 is 0 Å². The molecule has 0 radical (unpaired) electrons. The van der Waals surface area contributed by atoms with Gasteiger partial charge in [-0.15, -0.1) is 0 Å². The summed E-state index contributed by atoms with van der Waals surface area (Å²) in [6, 6.07) is 0.306. The average Bonchev–Trinajstić information content (AvgIpc) is 2.73. The Hall–Kier alpha value is -0.570. The van der Waals surface area contributed by atoms with Crippen LogP contribution in [0.15, 0.2) is 0 Å². The van der Waals surface area contributed by atoms with E-state index in [0.717, 1.165) is 5.92 Å². The smallest absolute Gasteiger partial charge is 0.220 e. The quantitative estimate of drug-likeness (QED) is 0.789. The SMILES string of the molecule is CC12CCC(C1)C(C)(C)C2NC(=O)CCCO. The van der Waals surface area contributed by atoms with Gasteiger partial charge in [-0.2, -0.15) is 0 Å². The predicted molar refractivity (Wildman–Crippen MR) is 67.5 cm³/mol. The molecule has 0 spiro atoms. The van der Waals surface area contributed by atoms with Crippen molar-refractivity contribution < 1.29 is 9.90 Å². The van der Waals surface area contributed by atoms with Crippen molar-refractivity contribution in [1.29, 1.82) is 0 Å². The molecule has 2 rings (SSSR count). The molecular weight excluding hydrogens is 214 g/mol. The van der Waals surface area contributed by atoms with Gasteiger partial charge in [-0.1, -0.05) is 20.8 Å². The Morgan fingerprint density at radius 1 is 1.41 bits per heavy atom. The molecule has 2 saturated carbocycles. The Morgan fingerprint density at radius 2 is 2.12 bits per heavy atom. The maximum absolute atomic E-state index is 11.8. The fourth-order valence-corrected chi connectivity index (χ4v) is 4.14. The minimum Gasteiger partial charge on any atom is -0.396 e. The van der Waals surface area contributed by atoms with E-state index < -0.39 is 0 Å². The average molecular weight is 239 g/mol. The third-order valence-corrected chi connectivity index (χ3v) is 5.14. The minimum absolute atomic E-state index is 0.0986. The standard InChI is InChI=1S/C14H25NO2/c1-13(2)10-6-7-14(3,9-10)12(13)15-11(17)5-4-8-16/h10,12,16H,4-9H2,1-3H3,(H,15,17). The third-order valence-electron chi connectivity index (χ3n) is 5.14. The normalized spacial score (nSPS) is 38.4. The lowest BCUT2D eigenvalue weighted by Gasteiger charge is -2.43. The number of rotatable bonds is 4. The summed E-state index contributed by atoms with van der Waals surface area (Å²) in [4.78, 5) is 11.8. The van der Waals surface area contributed by atoms with Crippen molar-refractivity contribution in [1.82, 2.24) is 5.32 Å². The van der Waals surface area contributed by atoms with Crippen molar-refractivity contribution in [2.45, 2.75) is 58.9 Å². The highest BCUT2D eigenvalue weighted by Gasteiger charge is 2.59. The van der Waals surface area contributed by atoms with Gasteiger partial charge in [0.1, 0.15) is 0 Å². The number of amides is 1. The van der Waals surface area contributed by atoms with Crippen LogP contribution in [-0.2, 0) is 4.79 Å². The van der Waals surface area contributed by atoms with Crippen molar-refractivity contribution in [3.63, 3.8) is 0 Å².